The van der Waals surface area contributed by atoms with Crippen LogP contribution in [0.1, 0.15) is 20.8 Å². The maximum absolute atomic E-state index is 14.2. The van der Waals surface area contributed by atoms with Gasteiger partial charge in [-0.2, -0.15) is 0 Å². The number of hydrogen-bond donors (Lipinski definition) is 0. The number of hydrogen-bond acceptors (Lipinski definition) is 1. The number of pyridine rings is 1. The first-order valence-electron chi connectivity index (χ1n) is 6.15. The molecule has 5 heteroatoms. The van der Waals surface area contributed by atoms with Crippen molar-refractivity contribution in [1.82, 2.24) is 4.98 Å². The van der Waals surface area contributed by atoms with Crippen LogP contribution in [0.2, 0.25) is 9.40 Å². The second-order valence-electron chi connectivity index (χ2n) is 5.56. The molecule has 20 heavy (non-hydrogen) atoms. The summed E-state index contributed by atoms with van der Waals surface area (Å²) in [7, 11) is 0. The molecular formula is C15H14ClF2GeN. The number of rotatable bonds is 2. The second kappa shape index (κ2) is 5.82. The zero-order chi connectivity index (χ0) is 14.9. The van der Waals surface area contributed by atoms with Crippen molar-refractivity contribution in [3.05, 3.63) is 47.2 Å². The van der Waals surface area contributed by atoms with Crippen LogP contribution in [0.25, 0.3) is 11.1 Å². The fourth-order valence-corrected chi connectivity index (χ4v) is 4.61. The molecule has 1 aromatic carbocycles. The second-order valence-corrected chi connectivity index (χ2v) is 10.8. The van der Waals surface area contributed by atoms with E-state index in [1.807, 2.05) is 6.07 Å². The summed E-state index contributed by atoms with van der Waals surface area (Å²) < 4.78 is 29.1. The molecule has 0 bridgehead atoms. The fraction of sp³-hybridized carbons (Fsp3) is 0.267. The predicted molar refractivity (Wildman–Crippen MR) is 79.7 cm³/mol. The van der Waals surface area contributed by atoms with Crippen molar-refractivity contribution < 1.29 is 8.78 Å². The van der Waals surface area contributed by atoms with E-state index in [2.05, 4.69) is 25.8 Å². The van der Waals surface area contributed by atoms with Crippen molar-refractivity contribution in [2.24, 2.45) is 0 Å². The first kappa shape index (κ1) is 15.5. The van der Waals surface area contributed by atoms with Gasteiger partial charge in [-0.05, 0) is 0 Å². The number of benzene rings is 1. The summed E-state index contributed by atoms with van der Waals surface area (Å²) in [5, 5.41) is 0.146. The fourth-order valence-electron chi connectivity index (χ4n) is 1.86. The maximum atomic E-state index is 14.2. The normalized spacial score (nSPS) is 11.7. The average molecular weight is 354 g/mol. The van der Waals surface area contributed by atoms with E-state index in [9.17, 15) is 8.78 Å². The molecule has 0 spiro atoms. The summed E-state index contributed by atoms with van der Waals surface area (Å²) in [6.07, 6.45) is 1.01. The van der Waals surface area contributed by atoms with Gasteiger partial charge in [0.25, 0.3) is 0 Å². The Kier molecular flexibility index (Phi) is 4.50. The molecule has 0 amide bonds. The molecule has 0 saturated heterocycles. The summed E-state index contributed by atoms with van der Waals surface area (Å²) in [6, 6.07) is 6.34. The zero-order valence-electron chi connectivity index (χ0n) is 11.5. The van der Waals surface area contributed by atoms with Gasteiger partial charge in [0.05, 0.1) is 0 Å². The van der Waals surface area contributed by atoms with Crippen LogP contribution in [0.3, 0.4) is 0 Å². The third-order valence-electron chi connectivity index (χ3n) is 2.60. The van der Waals surface area contributed by atoms with Crippen LogP contribution in [-0.2, 0) is 0 Å². The van der Waals surface area contributed by atoms with E-state index < -0.39 is 27.1 Å². The molecule has 2 aromatic rings. The van der Waals surface area contributed by atoms with Gasteiger partial charge in [-0.25, -0.2) is 0 Å². The Hall–Kier alpha value is -0.937. The predicted octanol–water partition coefficient (Wildman–Crippen LogP) is 4.23. The Morgan fingerprint density at radius 2 is 1.75 bits per heavy atom. The van der Waals surface area contributed by atoms with Gasteiger partial charge in [-0.1, -0.05) is 0 Å². The molecule has 104 valence electrons. The van der Waals surface area contributed by atoms with Crippen LogP contribution in [0.5, 0.6) is 0 Å². The third-order valence-corrected chi connectivity index (χ3v) is 5.64. The van der Waals surface area contributed by atoms with E-state index in [0.717, 1.165) is 10.6 Å². The van der Waals surface area contributed by atoms with Gasteiger partial charge in [-0.3, -0.25) is 0 Å². The van der Waals surface area contributed by atoms with Crippen molar-refractivity contribution in [3.8, 4) is 11.1 Å². The summed E-state index contributed by atoms with van der Waals surface area (Å²) >= 11 is 5.30. The molecule has 1 heterocycles. The molecule has 0 unspecified atom stereocenters. The van der Waals surface area contributed by atoms with Crippen molar-refractivity contribution in [3.63, 3.8) is 0 Å². The van der Waals surface area contributed by atoms with E-state index >= 15 is 0 Å². The topological polar surface area (TPSA) is 12.9 Å². The molecule has 2 rings (SSSR count). The van der Waals surface area contributed by atoms with Crippen molar-refractivity contribution in [2.75, 3.05) is 0 Å². The van der Waals surface area contributed by atoms with E-state index in [0.29, 0.717) is 0 Å². The van der Waals surface area contributed by atoms with Crippen LogP contribution in [0.4, 0.5) is 8.78 Å². The Labute approximate surface area is 128 Å². The quantitative estimate of drug-likeness (QED) is 0.581. The molecule has 2 radical (unpaired) electrons. The molecule has 0 aliphatic rings. The average Bonchev–Trinajstić information content (AvgIpc) is 2.31. The SMILES string of the molecule is C[C](C)(C)[Ge][c]1ccc(-c2cc(Cl)ncc2F)c(F)c1. The molecule has 0 aliphatic heterocycles. The monoisotopic (exact) mass is 355 g/mol. The summed E-state index contributed by atoms with van der Waals surface area (Å²) in [5.74, 6) is -0.996. The number of aromatic nitrogens is 1. The standard InChI is InChI=1S/C15H14ClF2GeN/c1-15(2,3)19-9-4-5-10(12(17)6-9)11-7-14(16)20-8-13(11)18/h4-8H,1-3H3. The van der Waals surface area contributed by atoms with Crippen molar-refractivity contribution in [1.29, 1.82) is 0 Å². The molecule has 0 aliphatic carbocycles. The Morgan fingerprint density at radius 3 is 2.35 bits per heavy atom. The molecule has 1 aromatic heterocycles. The zero-order valence-corrected chi connectivity index (χ0v) is 14.3. The first-order chi connectivity index (χ1) is 9.26. The van der Waals surface area contributed by atoms with Gasteiger partial charge in [0, 0.05) is 0 Å². The van der Waals surface area contributed by atoms with E-state index in [4.69, 9.17) is 11.6 Å². The molecule has 0 atom stereocenters. The van der Waals surface area contributed by atoms with Crippen LogP contribution in [0.15, 0.2) is 30.5 Å². The summed E-state index contributed by atoms with van der Waals surface area (Å²) in [4.78, 5) is 3.63. The summed E-state index contributed by atoms with van der Waals surface area (Å²) in [5.41, 5.74) is 0.362. The van der Waals surface area contributed by atoms with Gasteiger partial charge in [0.15, 0.2) is 0 Å². The van der Waals surface area contributed by atoms with Crippen molar-refractivity contribution >= 4 is 31.4 Å². The number of nitrogens with zero attached hydrogens (tertiary/aromatic N) is 1. The molecule has 1 nitrogen and oxygen atoms in total. The van der Waals surface area contributed by atoms with E-state index in [-0.39, 0.29) is 20.5 Å². The molecule has 0 saturated carbocycles. The summed E-state index contributed by atoms with van der Waals surface area (Å²) in [6.45, 7) is 6.42. The van der Waals surface area contributed by atoms with Crippen LogP contribution in [-0.4, -0.2) is 20.4 Å². The van der Waals surface area contributed by atoms with Gasteiger partial charge < -0.3 is 0 Å². The Balaban J connectivity index is 2.42. The molecule has 0 fully saturated rings. The molecular weight excluding hydrogens is 340 g/mol. The third kappa shape index (κ3) is 3.79. The van der Waals surface area contributed by atoms with Crippen LogP contribution >= 0.6 is 11.6 Å². The van der Waals surface area contributed by atoms with Gasteiger partial charge >= 0.3 is 129 Å². The van der Waals surface area contributed by atoms with Gasteiger partial charge in [0.1, 0.15) is 0 Å². The van der Waals surface area contributed by atoms with E-state index in [1.165, 1.54) is 12.1 Å². The van der Waals surface area contributed by atoms with Gasteiger partial charge in [-0.15, -0.1) is 0 Å². The number of halogens is 3. The minimum absolute atomic E-state index is 0.143. The van der Waals surface area contributed by atoms with Crippen molar-refractivity contribution in [2.45, 2.75) is 25.0 Å². The minimum atomic E-state index is -0.576. The Morgan fingerprint density at radius 1 is 1.05 bits per heavy atom. The first-order valence-corrected chi connectivity index (χ1v) is 8.63. The Bertz CT molecular complexity index is 638. The van der Waals surface area contributed by atoms with E-state index in [1.54, 1.807) is 6.07 Å². The van der Waals surface area contributed by atoms with Crippen LogP contribution in [0, 0.1) is 11.6 Å². The van der Waals surface area contributed by atoms with Gasteiger partial charge in [0.2, 0.25) is 0 Å². The molecule has 0 N–H and O–H groups in total. The van der Waals surface area contributed by atoms with Crippen LogP contribution < -0.4 is 4.40 Å².